The number of thiophene rings is 1. The number of carbonyl (C=O) groups excluding carboxylic acids is 2. The number of hydrogen-bond donors (Lipinski definition) is 1. The molecule has 1 amide bonds. The van der Waals surface area contributed by atoms with Crippen LogP contribution in [0.15, 0.2) is 82.3 Å². The Kier molecular flexibility index (Phi) is 4.91. The predicted octanol–water partition coefficient (Wildman–Crippen LogP) is 4.36. The van der Waals surface area contributed by atoms with Crippen molar-refractivity contribution < 1.29 is 19.1 Å². The highest BCUT2D eigenvalue weighted by Crippen LogP contribution is 2.41. The Balaban J connectivity index is 1.47. The second kappa shape index (κ2) is 7.88. The molecule has 0 saturated carbocycles. The molecule has 4 heterocycles. The Hall–Kier alpha value is -3.65. The van der Waals surface area contributed by atoms with E-state index in [0.717, 1.165) is 10.3 Å². The van der Waals surface area contributed by atoms with E-state index in [4.69, 9.17) is 4.42 Å². The third kappa shape index (κ3) is 3.44. The lowest BCUT2D eigenvalue weighted by atomic mass is 10.00. The van der Waals surface area contributed by atoms with Crippen LogP contribution in [0.5, 0.6) is 0 Å². The van der Waals surface area contributed by atoms with E-state index < -0.39 is 23.5 Å². The van der Waals surface area contributed by atoms with Gasteiger partial charge in [0.1, 0.15) is 5.58 Å². The van der Waals surface area contributed by atoms with Gasteiger partial charge < -0.3 is 19.0 Å². The van der Waals surface area contributed by atoms with E-state index in [9.17, 15) is 14.7 Å². The molecule has 156 valence electrons. The van der Waals surface area contributed by atoms with E-state index in [2.05, 4.69) is 4.98 Å². The summed E-state index contributed by atoms with van der Waals surface area (Å²) >= 11 is 1.44. The van der Waals surface area contributed by atoms with Gasteiger partial charge in [-0.15, -0.1) is 11.3 Å². The first-order valence-electron chi connectivity index (χ1n) is 9.90. The number of ketones is 1. The minimum atomic E-state index is -0.643. The second-order valence-electron chi connectivity index (χ2n) is 7.31. The average Bonchev–Trinajstić information content (AvgIpc) is 3.57. The number of aryl methyl sites for hydroxylation is 1. The summed E-state index contributed by atoms with van der Waals surface area (Å²) in [4.78, 5) is 32.7. The molecule has 8 heteroatoms. The predicted molar refractivity (Wildman–Crippen MR) is 116 cm³/mol. The Morgan fingerprint density at radius 2 is 2.06 bits per heavy atom. The summed E-state index contributed by atoms with van der Waals surface area (Å²) < 4.78 is 7.65. The number of aromatic nitrogens is 2. The van der Waals surface area contributed by atoms with Crippen LogP contribution in [0.25, 0.3) is 11.0 Å². The molecule has 0 spiro atoms. The minimum Gasteiger partial charge on any atom is -0.503 e. The summed E-state index contributed by atoms with van der Waals surface area (Å²) in [6.45, 7) is 1.06. The van der Waals surface area contributed by atoms with Crippen molar-refractivity contribution in [2.45, 2.75) is 19.0 Å². The van der Waals surface area contributed by atoms with E-state index in [0.29, 0.717) is 25.1 Å². The summed E-state index contributed by atoms with van der Waals surface area (Å²) in [5.41, 5.74) is 0.647. The molecule has 1 aliphatic rings. The molecule has 0 fully saturated rings. The number of para-hydroxylation sites is 1. The molecule has 3 aromatic heterocycles. The van der Waals surface area contributed by atoms with Gasteiger partial charge in [-0.3, -0.25) is 9.59 Å². The Bertz CT molecular complexity index is 1240. The molecular weight excluding hydrogens is 414 g/mol. The van der Waals surface area contributed by atoms with Crippen molar-refractivity contribution >= 4 is 34.0 Å². The number of nitrogens with zero attached hydrogens (tertiary/aromatic N) is 3. The van der Waals surface area contributed by atoms with Crippen LogP contribution in [0.1, 0.15) is 27.9 Å². The van der Waals surface area contributed by atoms with Crippen molar-refractivity contribution in [2.75, 3.05) is 6.54 Å². The summed E-state index contributed by atoms with van der Waals surface area (Å²) in [5.74, 6) is -1.41. The van der Waals surface area contributed by atoms with Crippen LogP contribution in [-0.2, 0) is 11.3 Å². The summed E-state index contributed by atoms with van der Waals surface area (Å²) in [5, 5.41) is 13.4. The maximum atomic E-state index is 13.4. The van der Waals surface area contributed by atoms with Crippen molar-refractivity contribution in [3.63, 3.8) is 0 Å². The molecular formula is C23H19N3O4S. The Morgan fingerprint density at radius 3 is 2.81 bits per heavy atom. The number of aliphatic hydroxyl groups is 1. The fraction of sp³-hybridized carbons (Fsp3) is 0.174. The molecule has 7 nitrogen and oxygen atoms in total. The maximum absolute atomic E-state index is 13.4. The number of amides is 1. The third-order valence-corrected chi connectivity index (χ3v) is 6.31. The van der Waals surface area contributed by atoms with Gasteiger partial charge in [0.15, 0.2) is 11.5 Å². The van der Waals surface area contributed by atoms with Crippen LogP contribution in [0.3, 0.4) is 0 Å². The zero-order valence-electron chi connectivity index (χ0n) is 16.5. The third-order valence-electron chi connectivity index (χ3n) is 5.38. The summed E-state index contributed by atoms with van der Waals surface area (Å²) in [6.07, 6.45) is 5.93. The smallest absolute Gasteiger partial charge is 0.290 e. The van der Waals surface area contributed by atoms with Gasteiger partial charge in [0.05, 0.1) is 17.9 Å². The first kappa shape index (κ1) is 19.3. The van der Waals surface area contributed by atoms with Crippen LogP contribution in [0.2, 0.25) is 0 Å². The van der Waals surface area contributed by atoms with Gasteiger partial charge in [-0.05, 0) is 30.0 Å². The van der Waals surface area contributed by atoms with Crippen LogP contribution in [-0.4, -0.2) is 37.8 Å². The van der Waals surface area contributed by atoms with Crippen LogP contribution >= 0.6 is 11.3 Å². The molecule has 0 radical (unpaired) electrons. The molecule has 1 atom stereocenters. The molecule has 31 heavy (non-hydrogen) atoms. The minimum absolute atomic E-state index is 0.0640. The number of fused-ring (bicyclic) bond motifs is 1. The van der Waals surface area contributed by atoms with Crippen molar-refractivity contribution in [2.24, 2.45) is 0 Å². The van der Waals surface area contributed by atoms with Crippen molar-refractivity contribution in [3.05, 3.63) is 88.5 Å². The van der Waals surface area contributed by atoms with Gasteiger partial charge in [0, 0.05) is 35.7 Å². The zero-order valence-corrected chi connectivity index (χ0v) is 17.3. The lowest BCUT2D eigenvalue weighted by molar-refractivity contribution is -0.129. The normalized spacial score (nSPS) is 16.6. The highest BCUT2D eigenvalue weighted by Gasteiger charge is 2.44. The van der Waals surface area contributed by atoms with Crippen molar-refractivity contribution in [3.8, 4) is 0 Å². The largest absolute Gasteiger partial charge is 0.503 e. The maximum Gasteiger partial charge on any atom is 0.290 e. The highest BCUT2D eigenvalue weighted by atomic mass is 32.1. The second-order valence-corrected chi connectivity index (χ2v) is 8.29. The Morgan fingerprint density at radius 1 is 1.19 bits per heavy atom. The lowest BCUT2D eigenvalue weighted by Gasteiger charge is -2.25. The lowest BCUT2D eigenvalue weighted by Crippen LogP contribution is -2.32. The molecule has 4 aromatic rings. The summed E-state index contributed by atoms with van der Waals surface area (Å²) in [7, 11) is 0. The molecule has 0 aliphatic carbocycles. The molecule has 0 unspecified atom stereocenters. The monoisotopic (exact) mass is 433 g/mol. The number of rotatable bonds is 7. The van der Waals surface area contributed by atoms with E-state index in [1.54, 1.807) is 29.6 Å². The van der Waals surface area contributed by atoms with E-state index >= 15 is 0 Å². The number of Topliss-reactive ketones (excluding diaryl/α,β-unsaturated/α-hetero) is 1. The fourth-order valence-electron chi connectivity index (χ4n) is 3.93. The molecule has 1 N–H and O–H groups in total. The highest BCUT2D eigenvalue weighted by molar-refractivity contribution is 7.10. The molecule has 0 saturated heterocycles. The fourth-order valence-corrected chi connectivity index (χ4v) is 4.77. The average molecular weight is 433 g/mol. The number of benzene rings is 1. The SMILES string of the molecule is O=C(C1=C(O)C(=O)N(CCCn2ccnc2)[C@H]1c1cccs1)c1cc2ccccc2o1. The number of imidazole rings is 1. The summed E-state index contributed by atoms with van der Waals surface area (Å²) in [6, 6.07) is 12.1. The Labute approximate surface area is 181 Å². The van der Waals surface area contributed by atoms with Crippen LogP contribution in [0, 0.1) is 0 Å². The van der Waals surface area contributed by atoms with Crippen molar-refractivity contribution in [1.82, 2.24) is 14.5 Å². The van der Waals surface area contributed by atoms with Crippen LogP contribution in [0.4, 0.5) is 0 Å². The molecule has 5 rings (SSSR count). The number of hydrogen-bond acceptors (Lipinski definition) is 6. The van der Waals surface area contributed by atoms with Gasteiger partial charge in [0.25, 0.3) is 5.91 Å². The number of furan rings is 1. The van der Waals surface area contributed by atoms with Crippen LogP contribution < -0.4 is 0 Å². The van der Waals surface area contributed by atoms with E-state index in [1.807, 2.05) is 46.5 Å². The first-order valence-corrected chi connectivity index (χ1v) is 10.8. The molecule has 0 bridgehead atoms. The number of aliphatic hydroxyl groups excluding tert-OH is 1. The van der Waals surface area contributed by atoms with Gasteiger partial charge in [0.2, 0.25) is 5.78 Å². The molecule has 1 aromatic carbocycles. The van der Waals surface area contributed by atoms with Crippen molar-refractivity contribution in [1.29, 1.82) is 0 Å². The van der Waals surface area contributed by atoms with E-state index in [-0.39, 0.29) is 11.3 Å². The van der Waals surface area contributed by atoms with Gasteiger partial charge in [-0.2, -0.15) is 0 Å². The quantitative estimate of drug-likeness (QED) is 0.438. The first-order chi connectivity index (χ1) is 15.1. The zero-order chi connectivity index (χ0) is 21.4. The van der Waals surface area contributed by atoms with Gasteiger partial charge >= 0.3 is 0 Å². The number of carbonyl (C=O) groups is 2. The van der Waals surface area contributed by atoms with E-state index in [1.165, 1.54) is 11.3 Å². The molecule has 1 aliphatic heterocycles. The van der Waals surface area contributed by atoms with Gasteiger partial charge in [-0.1, -0.05) is 24.3 Å². The standard InChI is InChI=1S/C23H19N3O4S/c27-21(17-13-15-5-1-2-6-16(15)30-17)19-20(18-7-3-12-31-18)26(23(29)22(19)28)10-4-9-25-11-8-24-14-25/h1-3,5-8,11-14,20,28H,4,9-10H2/t20-/m0/s1. The topological polar surface area (TPSA) is 88.6 Å². The van der Waals surface area contributed by atoms with Gasteiger partial charge in [-0.25, -0.2) is 4.98 Å².